The van der Waals surface area contributed by atoms with Gasteiger partial charge in [-0.25, -0.2) is 4.79 Å². The van der Waals surface area contributed by atoms with E-state index in [-0.39, 0.29) is 0 Å². The van der Waals surface area contributed by atoms with Crippen LogP contribution in [-0.4, -0.2) is 11.1 Å². The Hall–Kier alpha value is -1.57. The monoisotopic (exact) mass is 244 g/mol. The Kier molecular flexibility index (Phi) is 4.19. The van der Waals surface area contributed by atoms with Gasteiger partial charge < -0.3 is 5.11 Å². The molecule has 0 amide bonds. The van der Waals surface area contributed by atoms with Crippen LogP contribution in [0.3, 0.4) is 0 Å². The van der Waals surface area contributed by atoms with Crippen molar-refractivity contribution in [3.05, 3.63) is 42.0 Å². The van der Waals surface area contributed by atoms with Crippen molar-refractivity contribution in [1.82, 2.24) is 0 Å². The lowest BCUT2D eigenvalue weighted by Crippen LogP contribution is -2.12. The molecule has 18 heavy (non-hydrogen) atoms. The molecule has 1 saturated carbocycles. The van der Waals surface area contributed by atoms with Crippen molar-refractivity contribution in [2.45, 2.75) is 32.6 Å². The van der Waals surface area contributed by atoms with Crippen LogP contribution in [0.4, 0.5) is 0 Å². The molecule has 1 aromatic rings. The molecule has 0 bridgehead atoms. The average Bonchev–Trinajstić information content (AvgIpc) is 2.38. The molecule has 1 aliphatic rings. The fourth-order valence-corrected chi connectivity index (χ4v) is 2.60. The van der Waals surface area contributed by atoms with Crippen LogP contribution in [0.5, 0.6) is 0 Å². The summed E-state index contributed by atoms with van der Waals surface area (Å²) in [4.78, 5) is 11.4. The second-order valence-electron chi connectivity index (χ2n) is 5.27. The van der Waals surface area contributed by atoms with Crippen molar-refractivity contribution >= 4 is 11.5 Å². The third-order valence-corrected chi connectivity index (χ3v) is 3.78. The van der Waals surface area contributed by atoms with Crippen molar-refractivity contribution in [3.8, 4) is 0 Å². The zero-order valence-corrected chi connectivity index (χ0v) is 10.8. The van der Waals surface area contributed by atoms with Gasteiger partial charge in [-0.1, -0.05) is 56.2 Å². The highest BCUT2D eigenvalue weighted by Gasteiger charge is 2.19. The molecule has 0 aliphatic heterocycles. The van der Waals surface area contributed by atoms with E-state index < -0.39 is 5.97 Å². The van der Waals surface area contributed by atoms with Crippen molar-refractivity contribution in [3.63, 3.8) is 0 Å². The van der Waals surface area contributed by atoms with Gasteiger partial charge in [0.15, 0.2) is 0 Å². The van der Waals surface area contributed by atoms with Gasteiger partial charge in [-0.3, -0.25) is 0 Å². The van der Waals surface area contributed by atoms with Crippen LogP contribution < -0.4 is 0 Å². The Morgan fingerprint density at radius 2 is 1.78 bits per heavy atom. The third kappa shape index (κ3) is 3.22. The summed E-state index contributed by atoms with van der Waals surface area (Å²) in [6, 6.07) is 9.41. The molecule has 0 atom stereocenters. The largest absolute Gasteiger partial charge is 0.478 e. The van der Waals surface area contributed by atoms with Gasteiger partial charge in [-0.05, 0) is 30.2 Å². The summed E-state index contributed by atoms with van der Waals surface area (Å²) >= 11 is 0. The number of aliphatic carboxylic acids is 1. The van der Waals surface area contributed by atoms with Gasteiger partial charge in [0.25, 0.3) is 0 Å². The summed E-state index contributed by atoms with van der Waals surface area (Å²) in [6.45, 7) is 2.27. The number of hydrogen-bond donors (Lipinski definition) is 1. The van der Waals surface area contributed by atoms with E-state index in [9.17, 15) is 9.90 Å². The summed E-state index contributed by atoms with van der Waals surface area (Å²) in [6.07, 6.45) is 6.62. The summed E-state index contributed by atoms with van der Waals surface area (Å²) in [5.74, 6) is 0.395. The van der Waals surface area contributed by atoms with Crippen molar-refractivity contribution in [2.24, 2.45) is 11.8 Å². The molecule has 1 fully saturated rings. The van der Waals surface area contributed by atoms with Gasteiger partial charge in [0.1, 0.15) is 0 Å². The van der Waals surface area contributed by atoms with Crippen LogP contribution in [0.1, 0.15) is 38.2 Å². The van der Waals surface area contributed by atoms with Crippen molar-refractivity contribution in [1.29, 1.82) is 0 Å². The molecule has 0 unspecified atom stereocenters. The topological polar surface area (TPSA) is 37.3 Å². The Morgan fingerprint density at radius 1 is 1.17 bits per heavy atom. The number of rotatable bonds is 3. The zero-order valence-electron chi connectivity index (χ0n) is 10.8. The number of benzene rings is 1. The number of carboxylic acid groups (broad SMARTS) is 1. The SMILES string of the molecule is CC1CCC(/C=C(/C(=O)O)c2ccccc2)CC1. The maximum atomic E-state index is 11.4. The lowest BCUT2D eigenvalue weighted by atomic mass is 9.81. The fraction of sp³-hybridized carbons (Fsp3) is 0.438. The first-order chi connectivity index (χ1) is 8.66. The highest BCUT2D eigenvalue weighted by Crippen LogP contribution is 2.31. The predicted molar refractivity (Wildman–Crippen MR) is 73.2 cm³/mol. The minimum absolute atomic E-state index is 0.424. The molecule has 0 spiro atoms. The standard InChI is InChI=1S/C16H20O2/c1-12-7-9-13(10-8-12)11-15(16(17)18)14-5-3-2-4-6-14/h2-6,11-13H,7-10H2,1H3,(H,17,18)/b15-11+. The molecule has 2 heteroatoms. The summed E-state index contributed by atoms with van der Waals surface area (Å²) in [5.41, 5.74) is 1.26. The van der Waals surface area contributed by atoms with Gasteiger partial charge in [0.2, 0.25) is 0 Å². The maximum absolute atomic E-state index is 11.4. The first-order valence-corrected chi connectivity index (χ1v) is 6.67. The fourth-order valence-electron chi connectivity index (χ4n) is 2.60. The van der Waals surface area contributed by atoms with Crippen LogP contribution in [0.15, 0.2) is 36.4 Å². The van der Waals surface area contributed by atoms with Crippen LogP contribution in [0, 0.1) is 11.8 Å². The van der Waals surface area contributed by atoms with Crippen LogP contribution in [-0.2, 0) is 4.79 Å². The smallest absolute Gasteiger partial charge is 0.335 e. The number of carbonyl (C=O) groups is 1. The van der Waals surface area contributed by atoms with Crippen LogP contribution >= 0.6 is 0 Å². The Labute approximate surface area is 108 Å². The second kappa shape index (κ2) is 5.85. The van der Waals surface area contributed by atoms with E-state index in [0.29, 0.717) is 11.5 Å². The zero-order chi connectivity index (χ0) is 13.0. The van der Waals surface area contributed by atoms with E-state index in [1.54, 1.807) is 0 Å². The highest BCUT2D eigenvalue weighted by atomic mass is 16.4. The first-order valence-electron chi connectivity index (χ1n) is 6.67. The molecule has 0 aromatic heterocycles. The average molecular weight is 244 g/mol. The predicted octanol–water partition coefficient (Wildman–Crippen LogP) is 3.98. The minimum atomic E-state index is -0.820. The molecule has 0 saturated heterocycles. The molecule has 2 nitrogen and oxygen atoms in total. The molecular formula is C16H20O2. The first kappa shape index (κ1) is 12.9. The molecule has 0 heterocycles. The van der Waals surface area contributed by atoms with E-state index in [4.69, 9.17) is 0 Å². The molecule has 0 radical (unpaired) electrons. The summed E-state index contributed by atoms with van der Waals surface area (Å²) in [5, 5.41) is 9.34. The lowest BCUT2D eigenvalue weighted by molar-refractivity contribution is -0.130. The van der Waals surface area contributed by atoms with E-state index in [1.807, 2.05) is 36.4 Å². The Balaban J connectivity index is 2.18. The Bertz CT molecular complexity index is 426. The maximum Gasteiger partial charge on any atom is 0.335 e. The Morgan fingerprint density at radius 3 is 2.33 bits per heavy atom. The van der Waals surface area contributed by atoms with Crippen molar-refractivity contribution in [2.75, 3.05) is 0 Å². The van der Waals surface area contributed by atoms with Crippen LogP contribution in [0.25, 0.3) is 5.57 Å². The molecule has 2 rings (SSSR count). The molecular weight excluding hydrogens is 224 g/mol. The number of carboxylic acids is 1. The highest BCUT2D eigenvalue weighted by molar-refractivity contribution is 6.15. The molecule has 1 aromatic carbocycles. The summed E-state index contributed by atoms with van der Waals surface area (Å²) < 4.78 is 0. The van der Waals surface area contributed by atoms with E-state index in [2.05, 4.69) is 6.92 Å². The second-order valence-corrected chi connectivity index (χ2v) is 5.27. The van der Waals surface area contributed by atoms with Gasteiger partial charge in [-0.2, -0.15) is 0 Å². The molecule has 96 valence electrons. The minimum Gasteiger partial charge on any atom is -0.478 e. The van der Waals surface area contributed by atoms with E-state index in [0.717, 1.165) is 24.3 Å². The lowest BCUT2D eigenvalue weighted by Gasteiger charge is -2.24. The molecule has 1 N–H and O–H groups in total. The molecule has 1 aliphatic carbocycles. The van der Waals surface area contributed by atoms with Gasteiger partial charge in [-0.15, -0.1) is 0 Å². The van der Waals surface area contributed by atoms with E-state index >= 15 is 0 Å². The van der Waals surface area contributed by atoms with Gasteiger partial charge in [0.05, 0.1) is 5.57 Å². The van der Waals surface area contributed by atoms with Crippen LogP contribution in [0.2, 0.25) is 0 Å². The normalized spacial score (nSPS) is 24.8. The van der Waals surface area contributed by atoms with Gasteiger partial charge >= 0.3 is 5.97 Å². The number of allylic oxidation sites excluding steroid dienone is 1. The van der Waals surface area contributed by atoms with Gasteiger partial charge in [0, 0.05) is 0 Å². The number of hydrogen-bond acceptors (Lipinski definition) is 1. The third-order valence-electron chi connectivity index (χ3n) is 3.78. The summed E-state index contributed by atoms with van der Waals surface area (Å²) in [7, 11) is 0. The quantitative estimate of drug-likeness (QED) is 0.816. The van der Waals surface area contributed by atoms with E-state index in [1.165, 1.54) is 12.8 Å². The van der Waals surface area contributed by atoms with Crippen molar-refractivity contribution < 1.29 is 9.90 Å².